The predicted octanol–water partition coefficient (Wildman–Crippen LogP) is 0.793. The maximum Gasteiger partial charge on any atom is 0.168 e. The quantitative estimate of drug-likeness (QED) is 0.607. The maximum absolute atomic E-state index is 3.73. The Labute approximate surface area is 59.3 Å². The fourth-order valence-electron chi connectivity index (χ4n) is 0.529. The summed E-state index contributed by atoms with van der Waals surface area (Å²) in [6, 6.07) is 0. The van der Waals surface area contributed by atoms with Gasteiger partial charge >= 0.3 is 0 Å². The number of hydrogen-bond acceptors (Lipinski definition) is 3. The van der Waals surface area contributed by atoms with E-state index in [1.807, 2.05) is 6.92 Å². The lowest BCUT2D eigenvalue weighted by atomic mass is 10.3. The van der Waals surface area contributed by atoms with E-state index in [2.05, 4.69) is 27.3 Å². The average molecular weight is 138 g/mol. The molecule has 54 valence electrons. The maximum atomic E-state index is 3.73. The lowest BCUT2D eigenvalue weighted by Gasteiger charge is -1.98. The third-order valence-corrected chi connectivity index (χ3v) is 0.988. The molecule has 0 aliphatic heterocycles. The Hall–Kier alpha value is -1.32. The SMILES string of the molecule is C=C(C)CNc1c[nH]nn1. The smallest absolute Gasteiger partial charge is 0.168 e. The van der Waals surface area contributed by atoms with Gasteiger partial charge in [-0.05, 0) is 6.92 Å². The molecule has 0 spiro atoms. The summed E-state index contributed by atoms with van der Waals surface area (Å²) >= 11 is 0. The van der Waals surface area contributed by atoms with E-state index < -0.39 is 0 Å². The first-order valence-corrected chi connectivity index (χ1v) is 3.04. The number of nitrogens with zero attached hydrogens (tertiary/aromatic N) is 2. The topological polar surface area (TPSA) is 53.6 Å². The summed E-state index contributed by atoms with van der Waals surface area (Å²) in [4.78, 5) is 0. The summed E-state index contributed by atoms with van der Waals surface area (Å²) in [5, 5.41) is 12.9. The van der Waals surface area contributed by atoms with Gasteiger partial charge in [-0.15, -0.1) is 5.10 Å². The van der Waals surface area contributed by atoms with Gasteiger partial charge in [-0.1, -0.05) is 17.4 Å². The van der Waals surface area contributed by atoms with Crippen LogP contribution in [0.4, 0.5) is 5.82 Å². The first-order valence-electron chi connectivity index (χ1n) is 3.04. The minimum absolute atomic E-state index is 0.743. The van der Waals surface area contributed by atoms with E-state index in [1.165, 1.54) is 0 Å². The summed E-state index contributed by atoms with van der Waals surface area (Å²) in [5.74, 6) is 0.753. The van der Waals surface area contributed by atoms with Gasteiger partial charge in [0.25, 0.3) is 0 Å². The van der Waals surface area contributed by atoms with Crippen molar-refractivity contribution in [3.8, 4) is 0 Å². The summed E-state index contributed by atoms with van der Waals surface area (Å²) < 4.78 is 0. The molecule has 0 fully saturated rings. The second-order valence-corrected chi connectivity index (χ2v) is 2.17. The van der Waals surface area contributed by atoms with Crippen LogP contribution in [0.5, 0.6) is 0 Å². The number of rotatable bonds is 3. The van der Waals surface area contributed by atoms with Crippen molar-refractivity contribution in [3.05, 3.63) is 18.3 Å². The lowest BCUT2D eigenvalue weighted by Crippen LogP contribution is -2.01. The molecule has 0 unspecified atom stereocenters. The van der Waals surface area contributed by atoms with Crippen molar-refractivity contribution in [2.24, 2.45) is 0 Å². The van der Waals surface area contributed by atoms with Gasteiger partial charge in [0.15, 0.2) is 5.82 Å². The first kappa shape index (κ1) is 6.80. The zero-order valence-electron chi connectivity index (χ0n) is 5.89. The second kappa shape index (κ2) is 3.00. The lowest BCUT2D eigenvalue weighted by molar-refractivity contribution is 0.939. The molecule has 4 nitrogen and oxygen atoms in total. The van der Waals surface area contributed by atoms with E-state index in [-0.39, 0.29) is 0 Å². The zero-order chi connectivity index (χ0) is 7.40. The molecule has 1 aromatic heterocycles. The molecule has 0 saturated heterocycles. The minimum atomic E-state index is 0.743. The van der Waals surface area contributed by atoms with E-state index in [0.717, 1.165) is 17.9 Å². The number of nitrogens with one attached hydrogen (secondary N) is 2. The van der Waals surface area contributed by atoms with Crippen molar-refractivity contribution >= 4 is 5.82 Å². The van der Waals surface area contributed by atoms with Gasteiger partial charge in [0.2, 0.25) is 0 Å². The average Bonchev–Trinajstić information content (AvgIpc) is 2.34. The van der Waals surface area contributed by atoms with Gasteiger partial charge in [0.1, 0.15) is 0 Å². The van der Waals surface area contributed by atoms with Crippen LogP contribution in [0.2, 0.25) is 0 Å². The fraction of sp³-hybridized carbons (Fsp3) is 0.333. The van der Waals surface area contributed by atoms with Gasteiger partial charge in [0, 0.05) is 6.54 Å². The molecule has 2 N–H and O–H groups in total. The first-order chi connectivity index (χ1) is 4.79. The Bertz CT molecular complexity index is 202. The second-order valence-electron chi connectivity index (χ2n) is 2.17. The molecule has 4 heteroatoms. The van der Waals surface area contributed by atoms with Crippen LogP contribution in [-0.4, -0.2) is 22.0 Å². The van der Waals surface area contributed by atoms with Crippen molar-refractivity contribution in [2.45, 2.75) is 6.92 Å². The van der Waals surface area contributed by atoms with Crippen LogP contribution in [0, 0.1) is 0 Å². The Morgan fingerprint density at radius 2 is 2.70 bits per heavy atom. The van der Waals surface area contributed by atoms with Crippen LogP contribution in [0.1, 0.15) is 6.92 Å². The standard InChI is InChI=1S/C6H10N4/c1-5(2)3-7-6-4-8-10-9-6/h4H,1,3H2,2H3,(H2,7,8,9,10). The minimum Gasteiger partial charge on any atom is -0.364 e. The molecule has 0 aliphatic carbocycles. The van der Waals surface area contributed by atoms with Crippen LogP contribution < -0.4 is 5.32 Å². The van der Waals surface area contributed by atoms with Gasteiger partial charge in [0.05, 0.1) is 6.20 Å². The molecule has 0 bridgehead atoms. The Balaban J connectivity index is 2.35. The Morgan fingerprint density at radius 1 is 1.90 bits per heavy atom. The van der Waals surface area contributed by atoms with Crippen LogP contribution in [0.3, 0.4) is 0 Å². The van der Waals surface area contributed by atoms with Crippen molar-refractivity contribution in [3.63, 3.8) is 0 Å². The monoisotopic (exact) mass is 138 g/mol. The fourth-order valence-corrected chi connectivity index (χ4v) is 0.529. The molecular weight excluding hydrogens is 128 g/mol. The number of aromatic amines is 1. The predicted molar refractivity (Wildman–Crippen MR) is 39.7 cm³/mol. The normalized spacial score (nSPS) is 9.30. The molecule has 0 aliphatic rings. The molecule has 0 radical (unpaired) electrons. The summed E-state index contributed by atoms with van der Waals surface area (Å²) in [6.07, 6.45) is 1.70. The molecule has 1 heterocycles. The molecule has 0 saturated carbocycles. The van der Waals surface area contributed by atoms with E-state index in [4.69, 9.17) is 0 Å². The van der Waals surface area contributed by atoms with Crippen LogP contribution in [0.25, 0.3) is 0 Å². The number of anilines is 1. The van der Waals surface area contributed by atoms with E-state index in [9.17, 15) is 0 Å². The Kier molecular flexibility index (Phi) is 2.04. The number of H-pyrrole nitrogens is 1. The van der Waals surface area contributed by atoms with E-state index in [0.29, 0.717) is 0 Å². The molecule has 1 rings (SSSR count). The molecular formula is C6H10N4. The molecule has 0 atom stereocenters. The van der Waals surface area contributed by atoms with E-state index in [1.54, 1.807) is 6.20 Å². The highest BCUT2D eigenvalue weighted by atomic mass is 15.3. The molecule has 10 heavy (non-hydrogen) atoms. The highest BCUT2D eigenvalue weighted by Crippen LogP contribution is 1.96. The highest BCUT2D eigenvalue weighted by Gasteiger charge is 1.91. The van der Waals surface area contributed by atoms with Crippen molar-refractivity contribution in [1.82, 2.24) is 15.4 Å². The van der Waals surface area contributed by atoms with Crippen molar-refractivity contribution < 1.29 is 0 Å². The van der Waals surface area contributed by atoms with Crippen molar-refractivity contribution in [1.29, 1.82) is 0 Å². The van der Waals surface area contributed by atoms with E-state index >= 15 is 0 Å². The number of aromatic nitrogens is 3. The molecule has 1 aromatic rings. The molecule has 0 amide bonds. The zero-order valence-corrected chi connectivity index (χ0v) is 5.89. The van der Waals surface area contributed by atoms with Gasteiger partial charge in [-0.2, -0.15) is 0 Å². The van der Waals surface area contributed by atoms with Gasteiger partial charge in [-0.3, -0.25) is 5.10 Å². The number of hydrogen-bond donors (Lipinski definition) is 2. The van der Waals surface area contributed by atoms with Crippen molar-refractivity contribution in [2.75, 3.05) is 11.9 Å². The van der Waals surface area contributed by atoms with Gasteiger partial charge in [-0.25, -0.2) is 0 Å². The third kappa shape index (κ3) is 1.89. The Morgan fingerprint density at radius 3 is 3.20 bits per heavy atom. The summed E-state index contributed by atoms with van der Waals surface area (Å²) in [7, 11) is 0. The van der Waals surface area contributed by atoms with Crippen LogP contribution in [-0.2, 0) is 0 Å². The highest BCUT2D eigenvalue weighted by molar-refractivity contribution is 5.30. The summed E-state index contributed by atoms with van der Waals surface area (Å²) in [5.41, 5.74) is 1.07. The largest absolute Gasteiger partial charge is 0.364 e. The van der Waals surface area contributed by atoms with Crippen LogP contribution in [0.15, 0.2) is 18.3 Å². The van der Waals surface area contributed by atoms with Gasteiger partial charge < -0.3 is 5.32 Å². The summed E-state index contributed by atoms with van der Waals surface area (Å²) in [6.45, 7) is 6.43. The molecule has 0 aromatic carbocycles. The third-order valence-electron chi connectivity index (χ3n) is 0.988. The van der Waals surface area contributed by atoms with Crippen LogP contribution >= 0.6 is 0 Å².